The highest BCUT2D eigenvalue weighted by atomic mass is 32.1. The van der Waals surface area contributed by atoms with Crippen molar-refractivity contribution in [2.75, 3.05) is 4.90 Å². The smallest absolute Gasteiger partial charge is 0.0603 e. The van der Waals surface area contributed by atoms with Crippen molar-refractivity contribution < 1.29 is 0 Å². The number of benzene rings is 4. The normalized spacial score (nSPS) is 23.0. The number of anilines is 1. The zero-order valence-corrected chi connectivity index (χ0v) is 39.1. The molecule has 0 radical (unpaired) electrons. The highest BCUT2D eigenvalue weighted by Crippen LogP contribution is 2.62. The summed E-state index contributed by atoms with van der Waals surface area (Å²) in [5.41, 5.74) is 21.8. The number of thiophene rings is 1. The molecule has 2 heteroatoms. The summed E-state index contributed by atoms with van der Waals surface area (Å²) >= 11 is 2.05. The van der Waals surface area contributed by atoms with Crippen LogP contribution < -0.4 is 4.90 Å². The quantitative estimate of drug-likeness (QED) is 0.157. The number of nitrogens with zero attached hydrogens (tertiary/aromatic N) is 1. The second-order valence-electron chi connectivity index (χ2n) is 20.2. The van der Waals surface area contributed by atoms with Crippen molar-refractivity contribution in [1.82, 2.24) is 0 Å². The molecule has 0 saturated carbocycles. The van der Waals surface area contributed by atoms with Gasteiger partial charge in [0.1, 0.15) is 0 Å². The maximum Gasteiger partial charge on any atom is 0.0603 e. The fraction of sp³-hybridized carbons (Fsp3) is 0.250. The minimum Gasteiger partial charge on any atom is -0.338 e. The lowest BCUT2D eigenvalue weighted by atomic mass is 9.61. The number of allylic oxidation sites excluding steroid dienone is 22. The highest BCUT2D eigenvalue weighted by Gasteiger charge is 2.50. The lowest BCUT2D eigenvalue weighted by Gasteiger charge is -2.41. The van der Waals surface area contributed by atoms with Gasteiger partial charge >= 0.3 is 0 Å². The molecule has 8 aliphatic rings. The van der Waals surface area contributed by atoms with Crippen molar-refractivity contribution in [3.8, 4) is 11.1 Å². The lowest BCUT2D eigenvalue weighted by Crippen LogP contribution is -2.35. The van der Waals surface area contributed by atoms with E-state index in [9.17, 15) is 0 Å². The Kier molecular flexibility index (Phi) is 9.54. The predicted octanol–water partition coefficient (Wildman–Crippen LogP) is 17.2. The van der Waals surface area contributed by atoms with Crippen LogP contribution in [-0.4, -0.2) is 6.04 Å². The summed E-state index contributed by atoms with van der Waals surface area (Å²) in [4.78, 5) is 2.68. The first-order valence-electron chi connectivity index (χ1n) is 24.8. The summed E-state index contributed by atoms with van der Waals surface area (Å²) < 4.78 is 2.89. The minimum absolute atomic E-state index is 0.0527. The van der Waals surface area contributed by atoms with E-state index in [0.717, 1.165) is 64.2 Å². The van der Waals surface area contributed by atoms with E-state index in [-0.39, 0.29) is 16.9 Å². The molecular formula is C64H57NS. The average Bonchev–Trinajstić information content (AvgIpc) is 3.99. The predicted molar refractivity (Wildman–Crippen MR) is 283 cm³/mol. The van der Waals surface area contributed by atoms with Gasteiger partial charge in [-0.2, -0.15) is 0 Å². The van der Waals surface area contributed by atoms with Gasteiger partial charge in [-0.1, -0.05) is 183 Å². The van der Waals surface area contributed by atoms with Crippen LogP contribution in [0.4, 0.5) is 5.69 Å². The SMILES string of the molecule is CC1(C)c2ccccc2-c2ccc(N(C3=CC=C(c4cccc5c4sc4c6c(ccc45)C(C4=CC=CCC4)(C4=CC=CCC4)C4=C6C=CCC4)CC3)C3C=CC(C4C=CC=CC4)=CC3)cc21. The monoisotopic (exact) mass is 871 g/mol. The molecule has 2 unspecified atom stereocenters. The molecule has 13 rings (SSSR count). The van der Waals surface area contributed by atoms with Gasteiger partial charge in [0.15, 0.2) is 0 Å². The molecule has 2 atom stereocenters. The second kappa shape index (κ2) is 15.7. The van der Waals surface area contributed by atoms with Crippen LogP contribution in [0.2, 0.25) is 0 Å². The summed E-state index contributed by atoms with van der Waals surface area (Å²) in [6.07, 6.45) is 51.5. The van der Waals surface area contributed by atoms with Crippen molar-refractivity contribution in [3.63, 3.8) is 0 Å². The summed E-state index contributed by atoms with van der Waals surface area (Å²) in [7, 11) is 0. The fourth-order valence-electron chi connectivity index (χ4n) is 13.3. The van der Waals surface area contributed by atoms with Crippen molar-refractivity contribution in [2.45, 2.75) is 94.9 Å². The van der Waals surface area contributed by atoms with E-state index in [1.54, 1.807) is 16.7 Å². The van der Waals surface area contributed by atoms with Gasteiger partial charge in [-0.3, -0.25) is 0 Å². The number of rotatable bonds is 7. The molecule has 0 saturated heterocycles. The van der Waals surface area contributed by atoms with Crippen LogP contribution in [0.5, 0.6) is 0 Å². The van der Waals surface area contributed by atoms with Gasteiger partial charge in [0.2, 0.25) is 0 Å². The molecule has 1 nitrogen and oxygen atoms in total. The molecule has 8 aliphatic carbocycles. The topological polar surface area (TPSA) is 3.24 Å². The van der Waals surface area contributed by atoms with E-state index in [4.69, 9.17) is 0 Å². The van der Waals surface area contributed by atoms with Crippen LogP contribution in [0.15, 0.2) is 204 Å². The average molecular weight is 872 g/mol. The first kappa shape index (κ1) is 40.1. The number of fused-ring (bicyclic) bond motifs is 9. The highest BCUT2D eigenvalue weighted by molar-refractivity contribution is 7.26. The van der Waals surface area contributed by atoms with E-state index < -0.39 is 0 Å². The lowest BCUT2D eigenvalue weighted by molar-refractivity contribution is 0.604. The van der Waals surface area contributed by atoms with Crippen LogP contribution in [0.25, 0.3) is 42.4 Å². The second-order valence-corrected chi connectivity index (χ2v) is 21.2. The zero-order chi connectivity index (χ0) is 44.0. The first-order chi connectivity index (χ1) is 32.5. The minimum atomic E-state index is -0.148. The molecule has 66 heavy (non-hydrogen) atoms. The molecule has 324 valence electrons. The third kappa shape index (κ3) is 6.03. The van der Waals surface area contributed by atoms with Gasteiger partial charge in [0.05, 0.1) is 11.5 Å². The molecule has 0 bridgehead atoms. The van der Waals surface area contributed by atoms with Crippen LogP contribution in [-0.2, 0) is 10.8 Å². The van der Waals surface area contributed by atoms with Crippen LogP contribution in [0.1, 0.15) is 106 Å². The number of hydrogen-bond acceptors (Lipinski definition) is 2. The van der Waals surface area contributed by atoms with E-state index in [0.29, 0.717) is 5.92 Å². The maximum atomic E-state index is 2.68. The van der Waals surface area contributed by atoms with E-state index in [1.165, 1.54) is 87.2 Å². The van der Waals surface area contributed by atoms with E-state index in [2.05, 4.69) is 206 Å². The molecule has 0 spiro atoms. The van der Waals surface area contributed by atoms with Gasteiger partial charge in [-0.05, 0) is 138 Å². The van der Waals surface area contributed by atoms with Crippen molar-refractivity contribution in [1.29, 1.82) is 0 Å². The van der Waals surface area contributed by atoms with Crippen LogP contribution in [0, 0.1) is 5.92 Å². The molecule has 4 aromatic carbocycles. The van der Waals surface area contributed by atoms with Gasteiger partial charge in [-0.15, -0.1) is 11.3 Å². The van der Waals surface area contributed by atoms with Crippen LogP contribution in [0.3, 0.4) is 0 Å². The van der Waals surface area contributed by atoms with Gasteiger partial charge < -0.3 is 4.90 Å². The summed E-state index contributed by atoms with van der Waals surface area (Å²) in [5, 5.41) is 2.80. The summed E-state index contributed by atoms with van der Waals surface area (Å²) in [6, 6.07) is 28.7. The van der Waals surface area contributed by atoms with Gasteiger partial charge in [-0.25, -0.2) is 0 Å². The first-order valence-corrected chi connectivity index (χ1v) is 25.6. The third-order valence-electron chi connectivity index (χ3n) is 16.4. The van der Waals surface area contributed by atoms with Gasteiger partial charge in [0, 0.05) is 48.5 Å². The Morgan fingerprint density at radius 2 is 1.39 bits per heavy atom. The molecule has 0 N–H and O–H groups in total. The third-order valence-corrected chi connectivity index (χ3v) is 17.7. The Bertz CT molecular complexity index is 3260. The molecule has 0 fully saturated rings. The summed E-state index contributed by atoms with van der Waals surface area (Å²) in [6.45, 7) is 4.81. The molecular weight excluding hydrogens is 815 g/mol. The zero-order valence-electron chi connectivity index (χ0n) is 38.3. The van der Waals surface area contributed by atoms with E-state index >= 15 is 0 Å². The Morgan fingerprint density at radius 3 is 2.15 bits per heavy atom. The molecule has 0 amide bonds. The summed E-state index contributed by atoms with van der Waals surface area (Å²) in [5.74, 6) is 0.468. The fourth-order valence-corrected chi connectivity index (χ4v) is 14.7. The molecule has 1 aromatic heterocycles. The maximum absolute atomic E-state index is 2.68. The number of hydrogen-bond donors (Lipinski definition) is 0. The molecule has 1 heterocycles. The molecule has 0 aliphatic heterocycles. The molecule has 5 aromatic rings. The van der Waals surface area contributed by atoms with Crippen molar-refractivity contribution in [2.24, 2.45) is 5.92 Å². The van der Waals surface area contributed by atoms with E-state index in [1.807, 2.05) is 0 Å². The Labute approximate surface area is 395 Å². The van der Waals surface area contributed by atoms with Crippen LogP contribution >= 0.6 is 11.3 Å². The Morgan fingerprint density at radius 1 is 0.591 bits per heavy atom. The van der Waals surface area contributed by atoms with Crippen molar-refractivity contribution >= 4 is 48.3 Å². The Hall–Kier alpha value is -6.22. The van der Waals surface area contributed by atoms with Crippen molar-refractivity contribution in [3.05, 3.63) is 232 Å². The standard InChI is InChI=1S/C64H57NS/c1-63(2)56-27-14-12-23-51(56)52-38-37-49(41-59(52)63)65(47-33-29-43(30-34-47)42-17-6-3-7-18-42)48-35-31-44(32-36-48)50-25-16-26-53-54-39-40-58-60(62(54)66-61(50)53)55-24-13-15-28-57(55)64(58,45-19-8-4-9-20-45)46-21-10-5-11-22-46/h3-8,10,12-14,16-17,19,21,23-27,29-31,33,35,37-42,47H,9,11,15,18,20,22,28,32,34,36H2,1-2H3. The Balaban J connectivity index is 0.913. The van der Waals surface area contributed by atoms with Gasteiger partial charge in [0.25, 0.3) is 0 Å². The largest absolute Gasteiger partial charge is 0.338 e.